The Kier molecular flexibility index (Phi) is 3.92. The van der Waals surface area contributed by atoms with Crippen molar-refractivity contribution in [2.45, 2.75) is 45.1 Å². The number of hydrogen-bond acceptors (Lipinski definition) is 2. The normalized spacial score (nSPS) is 24.1. The van der Waals surface area contributed by atoms with Crippen LogP contribution in [0.1, 0.15) is 39.0 Å². The maximum atomic E-state index is 11.1. The lowest BCUT2D eigenvalue weighted by Gasteiger charge is -2.25. The van der Waals surface area contributed by atoms with E-state index in [4.69, 9.17) is 5.11 Å². The van der Waals surface area contributed by atoms with Gasteiger partial charge in [0, 0.05) is 12.5 Å². The van der Waals surface area contributed by atoms with Crippen molar-refractivity contribution >= 4 is 11.9 Å². The summed E-state index contributed by atoms with van der Waals surface area (Å²) in [6.45, 7) is 1.86. The zero-order valence-electron chi connectivity index (χ0n) is 8.45. The maximum absolute atomic E-state index is 11.1. The van der Waals surface area contributed by atoms with Crippen LogP contribution in [-0.4, -0.2) is 23.0 Å². The van der Waals surface area contributed by atoms with Gasteiger partial charge in [0.1, 0.15) is 0 Å². The number of carbonyl (C=O) groups excluding carboxylic acids is 1. The highest BCUT2D eigenvalue weighted by atomic mass is 16.4. The number of carboxylic acid groups (broad SMARTS) is 1. The quantitative estimate of drug-likeness (QED) is 0.714. The van der Waals surface area contributed by atoms with Crippen LogP contribution in [0.25, 0.3) is 0 Å². The molecule has 0 bridgehead atoms. The van der Waals surface area contributed by atoms with Crippen molar-refractivity contribution in [3.63, 3.8) is 0 Å². The van der Waals surface area contributed by atoms with Crippen LogP contribution in [0, 0.1) is 5.92 Å². The fraction of sp³-hybridized carbons (Fsp3) is 0.800. The predicted octanol–water partition coefficient (Wildman–Crippen LogP) is 1.16. The Morgan fingerprint density at radius 2 is 2.43 bits per heavy atom. The summed E-state index contributed by atoms with van der Waals surface area (Å²) in [4.78, 5) is 21.8. The van der Waals surface area contributed by atoms with E-state index in [-0.39, 0.29) is 17.9 Å². The molecule has 2 unspecified atom stereocenters. The standard InChI is InChI=1S/C10H17NO3/c1-2-7(10(13)14)6-8-4-3-5-9(12)11-8/h7-8H,2-6H2,1H3,(H,11,12)(H,13,14). The SMILES string of the molecule is CCC(CC1CCCC(=O)N1)C(=O)O. The zero-order chi connectivity index (χ0) is 10.6. The minimum Gasteiger partial charge on any atom is -0.481 e. The molecule has 2 atom stereocenters. The van der Waals surface area contributed by atoms with E-state index < -0.39 is 5.97 Å². The molecule has 1 aliphatic rings. The minimum absolute atomic E-state index is 0.0569. The van der Waals surface area contributed by atoms with Gasteiger partial charge in [-0.1, -0.05) is 6.92 Å². The smallest absolute Gasteiger partial charge is 0.306 e. The number of carbonyl (C=O) groups is 2. The molecule has 2 N–H and O–H groups in total. The van der Waals surface area contributed by atoms with Crippen LogP contribution in [0.5, 0.6) is 0 Å². The number of carboxylic acids is 1. The highest BCUT2D eigenvalue weighted by Crippen LogP contribution is 2.18. The molecule has 4 nitrogen and oxygen atoms in total. The molecule has 1 heterocycles. The molecule has 1 amide bonds. The Balaban J connectivity index is 2.41. The molecular formula is C10H17NO3. The minimum atomic E-state index is -0.757. The molecule has 1 rings (SSSR count). The van der Waals surface area contributed by atoms with Gasteiger partial charge in [-0.3, -0.25) is 9.59 Å². The van der Waals surface area contributed by atoms with Crippen molar-refractivity contribution in [1.82, 2.24) is 5.32 Å². The molecule has 1 fully saturated rings. The lowest BCUT2D eigenvalue weighted by atomic mass is 9.92. The van der Waals surface area contributed by atoms with E-state index >= 15 is 0 Å². The number of hydrogen-bond donors (Lipinski definition) is 2. The van der Waals surface area contributed by atoms with Crippen LogP contribution in [0.3, 0.4) is 0 Å². The summed E-state index contributed by atoms with van der Waals surface area (Å²) in [5, 5.41) is 11.7. The van der Waals surface area contributed by atoms with Crippen molar-refractivity contribution in [3.8, 4) is 0 Å². The molecule has 0 aliphatic carbocycles. The predicted molar refractivity (Wildman–Crippen MR) is 51.8 cm³/mol. The lowest BCUT2D eigenvalue weighted by molar-refractivity contribution is -0.142. The van der Waals surface area contributed by atoms with Crippen LogP contribution in [0.2, 0.25) is 0 Å². The van der Waals surface area contributed by atoms with E-state index in [9.17, 15) is 9.59 Å². The molecule has 0 radical (unpaired) electrons. The second-order valence-corrected chi connectivity index (χ2v) is 3.84. The highest BCUT2D eigenvalue weighted by molar-refractivity contribution is 5.77. The second-order valence-electron chi connectivity index (χ2n) is 3.84. The van der Waals surface area contributed by atoms with Gasteiger partial charge in [0.15, 0.2) is 0 Å². The average Bonchev–Trinajstić information content (AvgIpc) is 2.14. The van der Waals surface area contributed by atoms with E-state index in [0.29, 0.717) is 19.3 Å². The van der Waals surface area contributed by atoms with Crippen LogP contribution >= 0.6 is 0 Å². The molecule has 0 saturated carbocycles. The Morgan fingerprint density at radius 3 is 2.93 bits per heavy atom. The van der Waals surface area contributed by atoms with E-state index in [2.05, 4.69) is 5.32 Å². The van der Waals surface area contributed by atoms with E-state index in [1.807, 2.05) is 6.92 Å². The number of amides is 1. The number of piperidine rings is 1. The van der Waals surface area contributed by atoms with Gasteiger partial charge in [-0.05, 0) is 25.7 Å². The number of nitrogens with one attached hydrogen (secondary N) is 1. The average molecular weight is 199 g/mol. The first-order valence-electron chi connectivity index (χ1n) is 5.15. The van der Waals surface area contributed by atoms with Crippen LogP contribution in [-0.2, 0) is 9.59 Å². The third-order valence-electron chi connectivity index (χ3n) is 2.73. The summed E-state index contributed by atoms with van der Waals surface area (Å²) in [7, 11) is 0. The molecule has 80 valence electrons. The van der Waals surface area contributed by atoms with Crippen molar-refractivity contribution in [1.29, 1.82) is 0 Å². The van der Waals surface area contributed by atoms with Crippen molar-refractivity contribution in [3.05, 3.63) is 0 Å². The van der Waals surface area contributed by atoms with Gasteiger partial charge in [0.05, 0.1) is 5.92 Å². The molecule has 0 spiro atoms. The van der Waals surface area contributed by atoms with Gasteiger partial charge < -0.3 is 10.4 Å². The summed E-state index contributed by atoms with van der Waals surface area (Å²) < 4.78 is 0. The van der Waals surface area contributed by atoms with Gasteiger partial charge in [-0.2, -0.15) is 0 Å². The van der Waals surface area contributed by atoms with Gasteiger partial charge in [0.25, 0.3) is 0 Å². The summed E-state index contributed by atoms with van der Waals surface area (Å²) in [5.74, 6) is -1.02. The Hall–Kier alpha value is -1.06. The van der Waals surface area contributed by atoms with Gasteiger partial charge in [-0.15, -0.1) is 0 Å². The fourth-order valence-electron chi connectivity index (χ4n) is 1.84. The maximum Gasteiger partial charge on any atom is 0.306 e. The summed E-state index contributed by atoms with van der Waals surface area (Å²) in [6.07, 6.45) is 3.57. The van der Waals surface area contributed by atoms with Gasteiger partial charge in [-0.25, -0.2) is 0 Å². The van der Waals surface area contributed by atoms with Crippen LogP contribution < -0.4 is 5.32 Å². The Labute approximate surface area is 83.7 Å². The summed E-state index contributed by atoms with van der Waals surface area (Å²) in [5.41, 5.74) is 0. The first kappa shape index (κ1) is 11.0. The third-order valence-corrected chi connectivity index (χ3v) is 2.73. The molecule has 1 saturated heterocycles. The number of rotatable bonds is 4. The van der Waals surface area contributed by atoms with E-state index in [1.54, 1.807) is 0 Å². The first-order valence-corrected chi connectivity index (χ1v) is 5.15. The molecule has 0 aromatic carbocycles. The zero-order valence-corrected chi connectivity index (χ0v) is 8.45. The van der Waals surface area contributed by atoms with Gasteiger partial charge >= 0.3 is 5.97 Å². The van der Waals surface area contributed by atoms with E-state index in [1.165, 1.54) is 0 Å². The first-order chi connectivity index (χ1) is 6.63. The lowest BCUT2D eigenvalue weighted by Crippen LogP contribution is -2.40. The molecule has 14 heavy (non-hydrogen) atoms. The summed E-state index contributed by atoms with van der Waals surface area (Å²) >= 11 is 0. The fourth-order valence-corrected chi connectivity index (χ4v) is 1.84. The number of aliphatic carboxylic acids is 1. The Morgan fingerprint density at radius 1 is 1.71 bits per heavy atom. The topological polar surface area (TPSA) is 66.4 Å². The molecule has 1 aliphatic heterocycles. The Bertz CT molecular complexity index is 227. The second kappa shape index (κ2) is 4.98. The van der Waals surface area contributed by atoms with Crippen LogP contribution in [0.15, 0.2) is 0 Å². The summed E-state index contributed by atoms with van der Waals surface area (Å²) in [6, 6.07) is 0.0669. The highest BCUT2D eigenvalue weighted by Gasteiger charge is 2.24. The van der Waals surface area contributed by atoms with Crippen molar-refractivity contribution in [2.24, 2.45) is 5.92 Å². The van der Waals surface area contributed by atoms with Crippen LogP contribution in [0.4, 0.5) is 0 Å². The monoisotopic (exact) mass is 199 g/mol. The molecule has 0 aromatic heterocycles. The molecule has 0 aromatic rings. The molecule has 4 heteroatoms. The van der Waals surface area contributed by atoms with Crippen molar-refractivity contribution in [2.75, 3.05) is 0 Å². The van der Waals surface area contributed by atoms with Crippen molar-refractivity contribution < 1.29 is 14.7 Å². The molecular weight excluding hydrogens is 182 g/mol. The third kappa shape index (κ3) is 3.01. The largest absolute Gasteiger partial charge is 0.481 e. The van der Waals surface area contributed by atoms with E-state index in [0.717, 1.165) is 12.8 Å². The van der Waals surface area contributed by atoms with Gasteiger partial charge in [0.2, 0.25) is 5.91 Å².